The largest absolute Gasteiger partial charge is 0.301 e. The van der Waals surface area contributed by atoms with Gasteiger partial charge in [0.2, 0.25) is 22.1 Å². The maximum atomic E-state index is 12.6. The molecular formula is C15H14N6O2S2. The quantitative estimate of drug-likeness (QED) is 0.656. The van der Waals surface area contributed by atoms with E-state index in [-0.39, 0.29) is 18.2 Å². The van der Waals surface area contributed by atoms with Crippen molar-refractivity contribution in [3.63, 3.8) is 0 Å². The van der Waals surface area contributed by atoms with Crippen molar-refractivity contribution >= 4 is 44.8 Å². The van der Waals surface area contributed by atoms with Crippen LogP contribution in [-0.4, -0.2) is 32.2 Å². The predicted molar refractivity (Wildman–Crippen MR) is 95.3 cm³/mol. The molecule has 3 aromatic rings. The zero-order valence-corrected chi connectivity index (χ0v) is 14.6. The van der Waals surface area contributed by atoms with Gasteiger partial charge in [-0.2, -0.15) is 0 Å². The van der Waals surface area contributed by atoms with Crippen LogP contribution >= 0.6 is 22.7 Å². The van der Waals surface area contributed by atoms with E-state index in [1.165, 1.54) is 33.7 Å². The Morgan fingerprint density at radius 1 is 0.960 bits per heavy atom. The summed E-state index contributed by atoms with van der Waals surface area (Å²) in [6, 6.07) is 9.55. The van der Waals surface area contributed by atoms with Gasteiger partial charge in [-0.05, 0) is 12.0 Å². The first-order valence-electron chi connectivity index (χ1n) is 7.37. The number of carbonyl (C=O) groups excluding carboxylic acids is 2. The average molecular weight is 374 g/mol. The lowest BCUT2D eigenvalue weighted by Crippen LogP contribution is -2.29. The first kappa shape index (κ1) is 17.1. The normalized spacial score (nSPS) is 11.7. The van der Waals surface area contributed by atoms with Crippen LogP contribution in [0.1, 0.15) is 12.0 Å². The van der Waals surface area contributed by atoms with Crippen LogP contribution in [0.2, 0.25) is 0 Å². The van der Waals surface area contributed by atoms with Gasteiger partial charge in [-0.3, -0.25) is 9.59 Å². The zero-order chi connectivity index (χ0) is 17.5. The van der Waals surface area contributed by atoms with Crippen molar-refractivity contribution in [1.29, 1.82) is 0 Å². The fraction of sp³-hybridized carbons (Fsp3) is 0.200. The lowest BCUT2D eigenvalue weighted by molar-refractivity contribution is -0.124. The molecule has 0 bridgehead atoms. The summed E-state index contributed by atoms with van der Waals surface area (Å²) >= 11 is 2.45. The number of amides is 2. The lowest BCUT2D eigenvalue weighted by Gasteiger charge is -2.15. The standard InChI is InChI=1S/C15H14N6O2S2/c22-12(18-14-20-16-8-24-14)7-11(6-10-4-2-1-3-5-10)13(23)19-15-21-17-9-25-15/h1-5,8-9,11H,6-7H2,(H,18,20,22)(H,19,21,23)/t11-/m0/s1. The summed E-state index contributed by atoms with van der Waals surface area (Å²) in [5, 5.41) is 21.1. The second-order valence-electron chi connectivity index (χ2n) is 5.12. The van der Waals surface area contributed by atoms with E-state index < -0.39 is 5.92 Å². The van der Waals surface area contributed by atoms with Gasteiger partial charge >= 0.3 is 0 Å². The molecule has 0 aliphatic heterocycles. The van der Waals surface area contributed by atoms with Crippen LogP contribution in [0.3, 0.4) is 0 Å². The van der Waals surface area contributed by atoms with Crippen LogP contribution < -0.4 is 10.6 Å². The highest BCUT2D eigenvalue weighted by molar-refractivity contribution is 7.13. The maximum absolute atomic E-state index is 12.6. The smallest absolute Gasteiger partial charge is 0.230 e. The molecule has 0 unspecified atom stereocenters. The molecule has 25 heavy (non-hydrogen) atoms. The molecule has 2 amide bonds. The molecule has 1 atom stereocenters. The van der Waals surface area contributed by atoms with Crippen LogP contribution in [0, 0.1) is 5.92 Å². The van der Waals surface area contributed by atoms with Crippen LogP contribution in [0.5, 0.6) is 0 Å². The number of nitrogens with one attached hydrogen (secondary N) is 2. The van der Waals surface area contributed by atoms with Gasteiger partial charge in [-0.15, -0.1) is 20.4 Å². The summed E-state index contributed by atoms with van der Waals surface area (Å²) in [6.07, 6.45) is 0.466. The molecule has 1 aromatic carbocycles. The van der Waals surface area contributed by atoms with Gasteiger partial charge in [-0.1, -0.05) is 53.0 Å². The summed E-state index contributed by atoms with van der Waals surface area (Å²) in [6.45, 7) is 0. The second-order valence-corrected chi connectivity index (χ2v) is 6.78. The van der Waals surface area contributed by atoms with Crippen molar-refractivity contribution in [2.45, 2.75) is 12.8 Å². The number of hydrogen-bond acceptors (Lipinski definition) is 8. The molecule has 0 saturated heterocycles. The number of carbonyl (C=O) groups is 2. The minimum atomic E-state index is -0.542. The summed E-state index contributed by atoms with van der Waals surface area (Å²) in [4.78, 5) is 24.8. The maximum Gasteiger partial charge on any atom is 0.230 e. The van der Waals surface area contributed by atoms with Crippen molar-refractivity contribution in [2.75, 3.05) is 10.6 Å². The molecule has 2 aromatic heterocycles. The third kappa shape index (κ3) is 5.13. The molecule has 10 heteroatoms. The number of hydrogen-bond donors (Lipinski definition) is 2. The summed E-state index contributed by atoms with van der Waals surface area (Å²) in [7, 11) is 0. The van der Waals surface area contributed by atoms with Crippen molar-refractivity contribution in [2.24, 2.45) is 5.92 Å². The van der Waals surface area contributed by atoms with Crippen LogP contribution in [0.15, 0.2) is 41.4 Å². The third-order valence-corrected chi connectivity index (χ3v) is 4.54. The molecule has 0 aliphatic carbocycles. The Kier molecular flexibility index (Phi) is 5.75. The van der Waals surface area contributed by atoms with E-state index in [0.29, 0.717) is 16.7 Å². The average Bonchev–Trinajstić information content (AvgIpc) is 3.29. The van der Waals surface area contributed by atoms with Gasteiger partial charge in [0.25, 0.3) is 0 Å². The number of anilines is 2. The van der Waals surface area contributed by atoms with E-state index in [0.717, 1.165) is 5.56 Å². The molecule has 0 aliphatic rings. The van der Waals surface area contributed by atoms with Crippen molar-refractivity contribution in [1.82, 2.24) is 20.4 Å². The van der Waals surface area contributed by atoms with Crippen LogP contribution in [0.25, 0.3) is 0 Å². The highest BCUT2D eigenvalue weighted by atomic mass is 32.1. The Balaban J connectivity index is 1.68. The van der Waals surface area contributed by atoms with Gasteiger partial charge < -0.3 is 10.6 Å². The molecular weight excluding hydrogens is 360 g/mol. The first-order chi connectivity index (χ1) is 12.2. The molecule has 2 N–H and O–H groups in total. The Morgan fingerprint density at radius 3 is 2.20 bits per heavy atom. The molecule has 3 rings (SSSR count). The molecule has 2 heterocycles. The number of benzene rings is 1. The summed E-state index contributed by atoms with van der Waals surface area (Å²) in [5.74, 6) is -1.10. The Bertz CT molecular complexity index is 808. The van der Waals surface area contributed by atoms with Gasteiger partial charge in [0.05, 0.1) is 5.92 Å². The minimum Gasteiger partial charge on any atom is -0.301 e. The summed E-state index contributed by atoms with van der Waals surface area (Å²) in [5.41, 5.74) is 4.03. The topological polar surface area (TPSA) is 110 Å². The van der Waals surface area contributed by atoms with Crippen molar-refractivity contribution in [3.05, 3.63) is 46.9 Å². The van der Waals surface area contributed by atoms with Gasteiger partial charge in [-0.25, -0.2) is 0 Å². The van der Waals surface area contributed by atoms with Crippen LogP contribution in [0.4, 0.5) is 10.3 Å². The fourth-order valence-corrected chi connectivity index (χ4v) is 3.12. The Labute approximate surface area is 151 Å². The van der Waals surface area contributed by atoms with Gasteiger partial charge in [0.1, 0.15) is 11.0 Å². The number of rotatable bonds is 7. The Hall–Kier alpha value is -2.72. The molecule has 0 saturated carbocycles. The fourth-order valence-electron chi connectivity index (χ4n) is 2.21. The van der Waals surface area contributed by atoms with E-state index in [1.54, 1.807) is 0 Å². The van der Waals surface area contributed by atoms with Gasteiger partial charge in [0, 0.05) is 6.42 Å². The molecule has 0 fully saturated rings. The predicted octanol–water partition coefficient (Wildman–Crippen LogP) is 2.22. The molecule has 128 valence electrons. The van der Waals surface area contributed by atoms with Crippen molar-refractivity contribution < 1.29 is 9.59 Å². The van der Waals surface area contributed by atoms with Crippen LogP contribution in [-0.2, 0) is 16.0 Å². The monoisotopic (exact) mass is 374 g/mol. The number of nitrogens with zero attached hydrogens (tertiary/aromatic N) is 4. The van der Waals surface area contributed by atoms with Crippen molar-refractivity contribution in [3.8, 4) is 0 Å². The number of aromatic nitrogens is 4. The van der Waals surface area contributed by atoms with E-state index in [4.69, 9.17) is 0 Å². The third-order valence-electron chi connectivity index (χ3n) is 3.32. The zero-order valence-electron chi connectivity index (χ0n) is 13.0. The molecule has 0 radical (unpaired) electrons. The van der Waals surface area contributed by atoms with E-state index in [2.05, 4.69) is 31.0 Å². The SMILES string of the molecule is O=C(C[C@H](Cc1ccccc1)C(=O)Nc1nncs1)Nc1nncs1. The van der Waals surface area contributed by atoms with E-state index in [9.17, 15) is 9.59 Å². The minimum absolute atomic E-state index is 0.0269. The second kappa shape index (κ2) is 8.40. The highest BCUT2D eigenvalue weighted by Gasteiger charge is 2.23. The van der Waals surface area contributed by atoms with E-state index in [1.807, 2.05) is 30.3 Å². The first-order valence-corrected chi connectivity index (χ1v) is 9.13. The summed E-state index contributed by atoms with van der Waals surface area (Å²) < 4.78 is 0. The Morgan fingerprint density at radius 2 is 1.60 bits per heavy atom. The van der Waals surface area contributed by atoms with E-state index >= 15 is 0 Å². The highest BCUT2D eigenvalue weighted by Crippen LogP contribution is 2.18. The van der Waals surface area contributed by atoms with Gasteiger partial charge in [0.15, 0.2) is 0 Å². The lowest BCUT2D eigenvalue weighted by atomic mass is 9.95. The molecule has 8 nitrogen and oxygen atoms in total. The molecule has 0 spiro atoms.